The molecule has 0 saturated carbocycles. The molecule has 0 spiro atoms. The number of hydrogen-bond donors (Lipinski definition) is 1. The van der Waals surface area contributed by atoms with Crippen LogP contribution in [0.4, 0.5) is 11.5 Å². The summed E-state index contributed by atoms with van der Waals surface area (Å²) in [6, 6.07) is 4.94. The SMILES string of the molecule is COC(=O)c1cncnc1Nc1cc(Cl)ccc1Cl. The van der Waals surface area contributed by atoms with E-state index in [1.54, 1.807) is 18.2 Å². The highest BCUT2D eigenvalue weighted by molar-refractivity contribution is 6.35. The van der Waals surface area contributed by atoms with Gasteiger partial charge in [-0.1, -0.05) is 23.2 Å². The third-order valence-electron chi connectivity index (χ3n) is 2.30. The number of ether oxygens (including phenoxy) is 1. The number of halogens is 2. The van der Waals surface area contributed by atoms with Crippen molar-refractivity contribution < 1.29 is 9.53 Å². The van der Waals surface area contributed by atoms with Crippen molar-refractivity contribution in [1.82, 2.24) is 9.97 Å². The molecule has 19 heavy (non-hydrogen) atoms. The maximum absolute atomic E-state index is 11.6. The molecule has 1 aromatic carbocycles. The first kappa shape index (κ1) is 13.6. The van der Waals surface area contributed by atoms with Crippen molar-refractivity contribution in [3.63, 3.8) is 0 Å². The zero-order valence-electron chi connectivity index (χ0n) is 9.85. The standard InChI is InChI=1S/C12H9Cl2N3O2/c1-19-12(18)8-5-15-6-16-11(8)17-10-4-7(13)2-3-9(10)14/h2-6H,1H3,(H,15,16,17). The minimum atomic E-state index is -0.541. The van der Waals surface area contributed by atoms with Crippen LogP contribution in [0, 0.1) is 0 Å². The maximum atomic E-state index is 11.6. The average Bonchev–Trinajstić information content (AvgIpc) is 2.42. The summed E-state index contributed by atoms with van der Waals surface area (Å²) in [6.45, 7) is 0. The molecule has 0 aliphatic carbocycles. The van der Waals surface area contributed by atoms with Crippen molar-refractivity contribution in [3.8, 4) is 0 Å². The molecule has 1 heterocycles. The van der Waals surface area contributed by atoms with Gasteiger partial charge < -0.3 is 10.1 Å². The highest BCUT2D eigenvalue weighted by Crippen LogP contribution is 2.28. The molecule has 5 nitrogen and oxygen atoms in total. The van der Waals surface area contributed by atoms with E-state index in [4.69, 9.17) is 23.2 Å². The number of carbonyl (C=O) groups excluding carboxylic acids is 1. The van der Waals surface area contributed by atoms with Crippen molar-refractivity contribution in [1.29, 1.82) is 0 Å². The molecule has 0 saturated heterocycles. The molecule has 2 aromatic rings. The van der Waals surface area contributed by atoms with Crippen LogP contribution in [0.25, 0.3) is 0 Å². The Morgan fingerprint density at radius 1 is 1.37 bits per heavy atom. The fourth-order valence-electron chi connectivity index (χ4n) is 1.41. The zero-order valence-corrected chi connectivity index (χ0v) is 11.4. The average molecular weight is 298 g/mol. The first-order valence-corrected chi connectivity index (χ1v) is 5.98. The van der Waals surface area contributed by atoms with Gasteiger partial charge in [-0.25, -0.2) is 14.8 Å². The number of benzene rings is 1. The van der Waals surface area contributed by atoms with Crippen LogP contribution in [0.2, 0.25) is 10.0 Å². The van der Waals surface area contributed by atoms with E-state index in [-0.39, 0.29) is 5.56 Å². The molecular weight excluding hydrogens is 289 g/mol. The Morgan fingerprint density at radius 3 is 2.89 bits per heavy atom. The second-order valence-electron chi connectivity index (χ2n) is 3.53. The van der Waals surface area contributed by atoms with Crippen molar-refractivity contribution in [3.05, 3.63) is 46.3 Å². The van der Waals surface area contributed by atoms with E-state index in [2.05, 4.69) is 20.0 Å². The number of nitrogens with zero attached hydrogens (tertiary/aromatic N) is 2. The monoisotopic (exact) mass is 297 g/mol. The molecular formula is C12H9Cl2N3O2. The molecule has 0 fully saturated rings. The summed E-state index contributed by atoms with van der Waals surface area (Å²) < 4.78 is 4.65. The number of rotatable bonds is 3. The summed E-state index contributed by atoms with van der Waals surface area (Å²) in [7, 11) is 1.28. The van der Waals surface area contributed by atoms with Gasteiger partial charge in [-0.3, -0.25) is 0 Å². The Hall–Kier alpha value is -1.85. The predicted molar refractivity (Wildman–Crippen MR) is 73.1 cm³/mol. The van der Waals surface area contributed by atoms with E-state index in [1.165, 1.54) is 19.6 Å². The van der Waals surface area contributed by atoms with Crippen LogP contribution < -0.4 is 5.32 Å². The molecule has 98 valence electrons. The van der Waals surface area contributed by atoms with Gasteiger partial charge in [0.05, 0.1) is 17.8 Å². The first-order chi connectivity index (χ1) is 9.11. The van der Waals surface area contributed by atoms with Gasteiger partial charge in [0.15, 0.2) is 0 Å². The fraction of sp³-hybridized carbons (Fsp3) is 0.0833. The van der Waals surface area contributed by atoms with Gasteiger partial charge >= 0.3 is 5.97 Å². The lowest BCUT2D eigenvalue weighted by molar-refractivity contribution is 0.0601. The van der Waals surface area contributed by atoms with Gasteiger partial charge in [0.1, 0.15) is 17.7 Å². The third kappa shape index (κ3) is 3.13. The molecule has 0 atom stereocenters. The van der Waals surface area contributed by atoms with E-state index in [0.717, 1.165) is 0 Å². The molecule has 2 rings (SSSR count). The number of carbonyl (C=O) groups is 1. The summed E-state index contributed by atoms with van der Waals surface area (Å²) in [5.41, 5.74) is 0.749. The van der Waals surface area contributed by atoms with Crippen LogP contribution in [0.1, 0.15) is 10.4 Å². The van der Waals surface area contributed by atoms with Crippen molar-refractivity contribution in [2.45, 2.75) is 0 Å². The predicted octanol–water partition coefficient (Wildman–Crippen LogP) is 3.31. The maximum Gasteiger partial charge on any atom is 0.343 e. The molecule has 7 heteroatoms. The Kier molecular flexibility index (Phi) is 4.19. The lowest BCUT2D eigenvalue weighted by Gasteiger charge is -2.10. The number of esters is 1. The largest absolute Gasteiger partial charge is 0.465 e. The number of anilines is 2. The Balaban J connectivity index is 2.38. The van der Waals surface area contributed by atoms with E-state index < -0.39 is 5.97 Å². The van der Waals surface area contributed by atoms with E-state index >= 15 is 0 Å². The number of nitrogens with one attached hydrogen (secondary N) is 1. The second kappa shape index (κ2) is 5.86. The van der Waals surface area contributed by atoms with Crippen LogP contribution in [-0.2, 0) is 4.74 Å². The Labute approximate surface area is 119 Å². The van der Waals surface area contributed by atoms with Crippen molar-refractivity contribution in [2.24, 2.45) is 0 Å². The molecule has 0 aliphatic rings. The molecule has 1 N–H and O–H groups in total. The fourth-order valence-corrected chi connectivity index (χ4v) is 1.75. The molecule has 0 unspecified atom stereocenters. The van der Waals surface area contributed by atoms with Gasteiger partial charge in [0.25, 0.3) is 0 Å². The summed E-state index contributed by atoms with van der Waals surface area (Å²) in [5, 5.41) is 3.90. The summed E-state index contributed by atoms with van der Waals surface area (Å²) >= 11 is 11.9. The zero-order chi connectivity index (χ0) is 13.8. The van der Waals surface area contributed by atoms with Crippen LogP contribution >= 0.6 is 23.2 Å². The van der Waals surface area contributed by atoms with Crippen LogP contribution in [0.3, 0.4) is 0 Å². The molecule has 1 aromatic heterocycles. The highest BCUT2D eigenvalue weighted by Gasteiger charge is 2.14. The van der Waals surface area contributed by atoms with Gasteiger partial charge in [0, 0.05) is 11.2 Å². The number of methoxy groups -OCH3 is 1. The molecule has 0 bridgehead atoms. The van der Waals surface area contributed by atoms with Crippen molar-refractivity contribution >= 4 is 40.7 Å². The van der Waals surface area contributed by atoms with E-state index in [1.807, 2.05) is 0 Å². The minimum Gasteiger partial charge on any atom is -0.465 e. The first-order valence-electron chi connectivity index (χ1n) is 5.22. The summed E-state index contributed by atoms with van der Waals surface area (Å²) in [4.78, 5) is 19.3. The number of aromatic nitrogens is 2. The topological polar surface area (TPSA) is 64.1 Å². The summed E-state index contributed by atoms with van der Waals surface area (Å²) in [5.74, 6) is -0.243. The lowest BCUT2D eigenvalue weighted by Crippen LogP contribution is -2.08. The van der Waals surface area contributed by atoms with Crippen LogP contribution in [0.5, 0.6) is 0 Å². The number of hydrogen-bond acceptors (Lipinski definition) is 5. The molecule has 0 radical (unpaired) electrons. The molecule has 0 amide bonds. The minimum absolute atomic E-state index is 0.209. The quantitative estimate of drug-likeness (QED) is 0.881. The van der Waals surface area contributed by atoms with Crippen LogP contribution in [0.15, 0.2) is 30.7 Å². The van der Waals surface area contributed by atoms with Crippen LogP contribution in [-0.4, -0.2) is 23.0 Å². The lowest BCUT2D eigenvalue weighted by atomic mass is 10.2. The van der Waals surface area contributed by atoms with Crippen molar-refractivity contribution in [2.75, 3.05) is 12.4 Å². The Morgan fingerprint density at radius 2 is 2.16 bits per heavy atom. The smallest absolute Gasteiger partial charge is 0.343 e. The Bertz CT molecular complexity index is 620. The third-order valence-corrected chi connectivity index (χ3v) is 2.86. The summed E-state index contributed by atoms with van der Waals surface area (Å²) in [6.07, 6.45) is 2.67. The van der Waals surface area contributed by atoms with E-state index in [0.29, 0.717) is 21.6 Å². The highest BCUT2D eigenvalue weighted by atomic mass is 35.5. The molecule has 0 aliphatic heterocycles. The second-order valence-corrected chi connectivity index (χ2v) is 4.37. The normalized spacial score (nSPS) is 10.1. The van der Waals surface area contributed by atoms with Gasteiger partial charge in [0.2, 0.25) is 0 Å². The van der Waals surface area contributed by atoms with Gasteiger partial charge in [-0.15, -0.1) is 0 Å². The van der Waals surface area contributed by atoms with Gasteiger partial charge in [-0.2, -0.15) is 0 Å². The van der Waals surface area contributed by atoms with E-state index in [9.17, 15) is 4.79 Å². The van der Waals surface area contributed by atoms with Gasteiger partial charge in [-0.05, 0) is 18.2 Å².